The van der Waals surface area contributed by atoms with Crippen LogP contribution in [0.2, 0.25) is 0 Å². The maximum absolute atomic E-state index is 11.3. The van der Waals surface area contributed by atoms with E-state index in [9.17, 15) is 9.90 Å². The monoisotopic (exact) mass is 289 g/mol. The van der Waals surface area contributed by atoms with Crippen molar-refractivity contribution in [2.24, 2.45) is 0 Å². The summed E-state index contributed by atoms with van der Waals surface area (Å²) in [7, 11) is 1.92. The summed E-state index contributed by atoms with van der Waals surface area (Å²) >= 11 is 0. The first-order valence-electron chi connectivity index (χ1n) is 7.22. The summed E-state index contributed by atoms with van der Waals surface area (Å²) in [6, 6.07) is 0. The number of hydrogen-bond acceptors (Lipinski definition) is 5. The molecule has 0 unspecified atom stereocenters. The summed E-state index contributed by atoms with van der Waals surface area (Å²) in [5.41, 5.74) is 0.278. The van der Waals surface area contributed by atoms with Gasteiger partial charge in [0.25, 0.3) is 0 Å². The van der Waals surface area contributed by atoms with Gasteiger partial charge < -0.3 is 10.0 Å². The Labute approximate surface area is 122 Å². The van der Waals surface area contributed by atoms with Crippen LogP contribution in [0, 0.1) is 0 Å². The van der Waals surface area contributed by atoms with Gasteiger partial charge in [-0.25, -0.2) is 4.98 Å². The van der Waals surface area contributed by atoms with E-state index in [0.717, 1.165) is 32.1 Å². The average Bonchev–Trinajstić information content (AvgIpc) is 2.95. The zero-order chi connectivity index (χ0) is 14.9. The van der Waals surface area contributed by atoms with Gasteiger partial charge in [-0.05, 0) is 12.8 Å². The minimum absolute atomic E-state index is 0.125. The van der Waals surface area contributed by atoms with Crippen LogP contribution >= 0.6 is 0 Å². The average molecular weight is 289 g/mol. The number of hydrogen-bond donors (Lipinski definition) is 1. The lowest BCUT2D eigenvalue weighted by molar-refractivity contribution is -0.138. The molecule has 0 bridgehead atoms. The fraction of sp³-hybridized carbons (Fsp3) is 0.571. The summed E-state index contributed by atoms with van der Waals surface area (Å²) in [5, 5.41) is 17.3. The molecule has 0 amide bonds. The molecule has 7 nitrogen and oxygen atoms in total. The van der Waals surface area contributed by atoms with Crippen LogP contribution in [0.5, 0.6) is 0 Å². The summed E-state index contributed by atoms with van der Waals surface area (Å²) in [6.07, 6.45) is 10.2. The predicted octanol–water partition coefficient (Wildman–Crippen LogP) is 1.74. The van der Waals surface area contributed by atoms with E-state index in [1.807, 2.05) is 11.9 Å². The molecule has 1 saturated carbocycles. The summed E-state index contributed by atoms with van der Waals surface area (Å²) in [6.45, 7) is 0. The first kappa shape index (κ1) is 13.8. The first-order valence-corrected chi connectivity index (χ1v) is 7.22. The normalized spacial score (nSPS) is 17.8. The summed E-state index contributed by atoms with van der Waals surface area (Å²) in [5.74, 6) is -0.0738. The molecular weight excluding hydrogens is 270 g/mol. The highest BCUT2D eigenvalue weighted by molar-refractivity contribution is 5.71. The Morgan fingerprint density at radius 2 is 2.19 bits per heavy atom. The van der Waals surface area contributed by atoms with Gasteiger partial charge in [0.05, 0.1) is 12.0 Å². The van der Waals surface area contributed by atoms with Crippen molar-refractivity contribution in [3.63, 3.8) is 0 Å². The van der Waals surface area contributed by atoms with Gasteiger partial charge >= 0.3 is 5.97 Å². The molecule has 2 aromatic rings. The van der Waals surface area contributed by atoms with Crippen molar-refractivity contribution < 1.29 is 9.90 Å². The Bertz CT molecular complexity index is 648. The molecule has 0 radical (unpaired) electrons. The number of carbonyl (C=O) groups is 1. The van der Waals surface area contributed by atoms with Gasteiger partial charge in [0.15, 0.2) is 5.82 Å². The van der Waals surface area contributed by atoms with Crippen LogP contribution in [0.4, 0.5) is 5.82 Å². The predicted molar refractivity (Wildman–Crippen MR) is 77.3 cm³/mol. The van der Waals surface area contributed by atoms with E-state index in [0.29, 0.717) is 11.5 Å². The highest BCUT2D eigenvalue weighted by Gasteiger charge is 2.39. The Balaban J connectivity index is 2.02. The molecule has 1 aliphatic rings. The van der Waals surface area contributed by atoms with Gasteiger partial charge in [0.1, 0.15) is 6.33 Å². The van der Waals surface area contributed by atoms with E-state index in [1.54, 1.807) is 23.1 Å². The van der Waals surface area contributed by atoms with Crippen LogP contribution in [0.25, 0.3) is 5.65 Å². The lowest BCUT2D eigenvalue weighted by atomic mass is 9.78. The number of aliphatic carboxylic acids is 1. The molecule has 1 N–H and O–H groups in total. The molecule has 0 aliphatic heterocycles. The molecule has 21 heavy (non-hydrogen) atoms. The van der Waals surface area contributed by atoms with Gasteiger partial charge in [-0.3, -0.25) is 9.20 Å². The molecule has 2 aromatic heterocycles. The van der Waals surface area contributed by atoms with E-state index >= 15 is 0 Å². The fourth-order valence-electron chi connectivity index (χ4n) is 3.33. The van der Waals surface area contributed by atoms with Crippen LogP contribution in [0.15, 0.2) is 18.7 Å². The third kappa shape index (κ3) is 2.43. The minimum Gasteiger partial charge on any atom is -0.481 e. The second-order valence-corrected chi connectivity index (χ2v) is 5.73. The Kier molecular flexibility index (Phi) is 3.48. The van der Waals surface area contributed by atoms with E-state index < -0.39 is 5.97 Å². The molecule has 112 valence electrons. The van der Waals surface area contributed by atoms with E-state index in [-0.39, 0.29) is 12.0 Å². The number of rotatable bonds is 4. The second-order valence-electron chi connectivity index (χ2n) is 5.73. The lowest BCUT2D eigenvalue weighted by Crippen LogP contribution is -2.50. The van der Waals surface area contributed by atoms with E-state index in [2.05, 4.69) is 15.2 Å². The van der Waals surface area contributed by atoms with Crippen molar-refractivity contribution in [3.8, 4) is 0 Å². The van der Waals surface area contributed by atoms with Crippen molar-refractivity contribution in [2.75, 3.05) is 11.9 Å². The lowest BCUT2D eigenvalue weighted by Gasteiger charge is -2.44. The van der Waals surface area contributed by atoms with Gasteiger partial charge in [0.2, 0.25) is 5.65 Å². The fourth-order valence-corrected chi connectivity index (χ4v) is 3.33. The highest BCUT2D eigenvalue weighted by atomic mass is 16.4. The third-order valence-electron chi connectivity index (χ3n) is 4.49. The number of carboxylic acid groups (broad SMARTS) is 1. The number of fused-ring (bicyclic) bond motifs is 1. The Morgan fingerprint density at radius 1 is 1.43 bits per heavy atom. The summed E-state index contributed by atoms with van der Waals surface area (Å²) < 4.78 is 1.80. The third-order valence-corrected chi connectivity index (χ3v) is 4.49. The Morgan fingerprint density at radius 3 is 2.90 bits per heavy atom. The Hall–Kier alpha value is -2.18. The molecule has 7 heteroatoms. The smallest absolute Gasteiger partial charge is 0.305 e. The zero-order valence-corrected chi connectivity index (χ0v) is 12.1. The molecule has 0 atom stereocenters. The second kappa shape index (κ2) is 5.31. The SMILES string of the molecule is CN(c1nccn2cnnc12)C1(CC(=O)O)CCCCC1. The highest BCUT2D eigenvalue weighted by Crippen LogP contribution is 2.38. The molecule has 1 fully saturated rings. The van der Waals surface area contributed by atoms with Gasteiger partial charge in [-0.15, -0.1) is 10.2 Å². The number of anilines is 1. The number of carboxylic acids is 1. The van der Waals surface area contributed by atoms with E-state index in [4.69, 9.17) is 0 Å². The van der Waals surface area contributed by atoms with E-state index in [1.165, 1.54) is 0 Å². The number of nitrogens with zero attached hydrogens (tertiary/aromatic N) is 5. The largest absolute Gasteiger partial charge is 0.481 e. The first-order chi connectivity index (χ1) is 10.1. The molecule has 3 rings (SSSR count). The maximum Gasteiger partial charge on any atom is 0.305 e. The molecular formula is C14H19N5O2. The van der Waals surface area contributed by atoms with Gasteiger partial charge in [-0.2, -0.15) is 0 Å². The van der Waals surface area contributed by atoms with Crippen LogP contribution in [-0.2, 0) is 4.79 Å². The van der Waals surface area contributed by atoms with Crippen LogP contribution in [-0.4, -0.2) is 43.2 Å². The summed E-state index contributed by atoms with van der Waals surface area (Å²) in [4.78, 5) is 17.8. The zero-order valence-electron chi connectivity index (χ0n) is 12.1. The van der Waals surface area contributed by atoms with Gasteiger partial charge in [-0.1, -0.05) is 19.3 Å². The van der Waals surface area contributed by atoms with Crippen molar-refractivity contribution in [1.82, 2.24) is 19.6 Å². The van der Waals surface area contributed by atoms with Gasteiger partial charge in [0, 0.05) is 19.4 Å². The maximum atomic E-state index is 11.3. The standard InChI is InChI=1S/C14H19N5O2/c1-18(12-13-17-16-10-19(13)8-7-15-12)14(9-11(20)21)5-3-2-4-6-14/h7-8,10H,2-6,9H2,1H3,(H,20,21). The van der Waals surface area contributed by atoms with Crippen molar-refractivity contribution in [1.29, 1.82) is 0 Å². The van der Waals surface area contributed by atoms with Crippen molar-refractivity contribution >= 4 is 17.4 Å². The van der Waals surface area contributed by atoms with Crippen LogP contribution in [0.3, 0.4) is 0 Å². The van der Waals surface area contributed by atoms with Crippen molar-refractivity contribution in [3.05, 3.63) is 18.7 Å². The minimum atomic E-state index is -0.767. The molecule has 1 aliphatic carbocycles. The molecule has 2 heterocycles. The molecule has 0 spiro atoms. The van der Waals surface area contributed by atoms with Crippen LogP contribution < -0.4 is 4.90 Å². The quantitative estimate of drug-likeness (QED) is 0.923. The van der Waals surface area contributed by atoms with Crippen LogP contribution in [0.1, 0.15) is 38.5 Å². The topological polar surface area (TPSA) is 83.6 Å². The molecule has 0 aromatic carbocycles. The van der Waals surface area contributed by atoms with Crippen molar-refractivity contribution in [2.45, 2.75) is 44.1 Å². The molecule has 0 saturated heterocycles. The number of aromatic nitrogens is 4.